The van der Waals surface area contributed by atoms with Gasteiger partial charge in [-0.2, -0.15) is 0 Å². The van der Waals surface area contributed by atoms with Crippen LogP contribution in [0.2, 0.25) is 0 Å². The first-order chi connectivity index (χ1) is 41.2. The van der Waals surface area contributed by atoms with Crippen LogP contribution in [0.15, 0.2) is 236 Å². The monoisotopic (exact) mass is 1090 g/mol. The van der Waals surface area contributed by atoms with Crippen molar-refractivity contribution >= 4 is 12.2 Å². The molecule has 19 rings (SSSR count). The van der Waals surface area contributed by atoms with E-state index in [2.05, 4.69) is 172 Å². The fraction of sp³-hybridized carbons (Fsp3) is 0.410. The van der Waals surface area contributed by atoms with Crippen molar-refractivity contribution in [3.05, 3.63) is 258 Å². The van der Waals surface area contributed by atoms with E-state index in [1.54, 1.807) is 56.0 Å². The first kappa shape index (κ1) is 48.5. The molecule has 416 valence electrons. The lowest BCUT2D eigenvalue weighted by molar-refractivity contribution is 0.0502. The van der Waals surface area contributed by atoms with Gasteiger partial charge in [0.2, 0.25) is 0 Å². The quantitative estimate of drug-likeness (QED) is 0.275. The molecule has 0 spiro atoms. The number of rotatable bonds is 5. The molecule has 0 amide bonds. The second kappa shape index (κ2) is 18.8. The minimum absolute atomic E-state index is 0.0788. The SMILES string of the molecule is C1=CC2OC3C(=CC=CC3n3c4c(c5c3CCC(C3CC=C6C7CCC(C8CC=C9C(C8)C8=C(CCC=C8)N9C8=C9OC%10=C(C=CCC%10)C9CC=C8)=CC7N(C7=CC8=C(CC7)C7=C(C=CCC7)C7C=CC=CC87)C6C3)=C5)C=CCC4)C2C=C1. The number of hydrogen-bond donors (Lipinski definition) is 0. The van der Waals surface area contributed by atoms with Crippen LogP contribution in [0.1, 0.15) is 138 Å². The Balaban J connectivity index is 0.672. The maximum Gasteiger partial charge on any atom is 0.135 e. The van der Waals surface area contributed by atoms with E-state index in [9.17, 15) is 0 Å². The van der Waals surface area contributed by atoms with E-state index < -0.39 is 0 Å². The van der Waals surface area contributed by atoms with E-state index in [-0.39, 0.29) is 18.2 Å². The lowest BCUT2D eigenvalue weighted by atomic mass is 9.65. The smallest absolute Gasteiger partial charge is 0.135 e. The highest BCUT2D eigenvalue weighted by molar-refractivity contribution is 5.74. The van der Waals surface area contributed by atoms with Crippen LogP contribution >= 0.6 is 0 Å². The number of aromatic nitrogens is 1. The minimum atomic E-state index is 0.0788. The number of ether oxygens (including phenoxy) is 2. The van der Waals surface area contributed by atoms with Gasteiger partial charge in [0.25, 0.3) is 0 Å². The molecule has 4 aliphatic heterocycles. The van der Waals surface area contributed by atoms with E-state index in [0.717, 1.165) is 70.6 Å². The normalized spacial score (nSPS) is 36.8. The molecule has 5 heterocycles. The van der Waals surface area contributed by atoms with Crippen LogP contribution in [0.25, 0.3) is 12.2 Å². The molecule has 5 nitrogen and oxygen atoms in total. The Hall–Kier alpha value is -6.82. The van der Waals surface area contributed by atoms with Crippen LogP contribution in [-0.4, -0.2) is 38.7 Å². The molecule has 0 saturated carbocycles. The first-order valence-corrected chi connectivity index (χ1v) is 32.9. The highest BCUT2D eigenvalue weighted by Crippen LogP contribution is 2.59. The first-order valence-electron chi connectivity index (χ1n) is 32.9. The van der Waals surface area contributed by atoms with Crippen molar-refractivity contribution in [2.24, 2.45) is 47.3 Å². The van der Waals surface area contributed by atoms with Crippen molar-refractivity contribution in [2.45, 2.75) is 152 Å². The molecule has 0 radical (unpaired) electrons. The third-order valence-electron chi connectivity index (χ3n) is 23.7. The summed E-state index contributed by atoms with van der Waals surface area (Å²) in [7, 11) is 0. The van der Waals surface area contributed by atoms with Crippen molar-refractivity contribution in [3.8, 4) is 0 Å². The lowest BCUT2D eigenvalue weighted by Gasteiger charge is -2.43. The van der Waals surface area contributed by atoms with Gasteiger partial charge in [-0.1, -0.05) is 157 Å². The molecule has 0 aromatic carbocycles. The Kier molecular flexibility index (Phi) is 11.0. The van der Waals surface area contributed by atoms with Crippen LogP contribution in [0.4, 0.5) is 0 Å². The Morgan fingerprint density at radius 1 is 0.530 bits per heavy atom. The van der Waals surface area contributed by atoms with Gasteiger partial charge in [-0.15, -0.1) is 0 Å². The summed E-state index contributed by atoms with van der Waals surface area (Å²) in [4.78, 5) is 5.81. The largest absolute Gasteiger partial charge is 0.463 e. The molecule has 0 N–H and O–H groups in total. The van der Waals surface area contributed by atoms with Gasteiger partial charge in [0.05, 0.1) is 35.8 Å². The molecule has 13 unspecified atom stereocenters. The lowest BCUT2D eigenvalue weighted by Crippen LogP contribution is -2.40. The third-order valence-corrected chi connectivity index (χ3v) is 23.7. The van der Waals surface area contributed by atoms with Gasteiger partial charge in [-0.25, -0.2) is 0 Å². The summed E-state index contributed by atoms with van der Waals surface area (Å²) in [5.41, 5.74) is 28.3. The van der Waals surface area contributed by atoms with E-state index in [4.69, 9.17) is 9.47 Å². The molecule has 14 aliphatic carbocycles. The molecule has 1 aromatic rings. The summed E-state index contributed by atoms with van der Waals surface area (Å²) in [6, 6.07) is 1.03. The average molecular weight is 1090 g/mol. The Labute approximate surface area is 491 Å². The summed E-state index contributed by atoms with van der Waals surface area (Å²) in [5.74, 6) is 6.10. The Morgan fingerprint density at radius 3 is 2.25 bits per heavy atom. The summed E-state index contributed by atoms with van der Waals surface area (Å²) in [6.07, 6.45) is 86.2. The van der Waals surface area contributed by atoms with Crippen molar-refractivity contribution in [3.63, 3.8) is 0 Å². The van der Waals surface area contributed by atoms with Gasteiger partial charge in [0.1, 0.15) is 17.6 Å². The molecular weight excluding hydrogens is 1010 g/mol. The average Bonchev–Trinajstić information content (AvgIpc) is 2.74. The maximum absolute atomic E-state index is 6.98. The second-order valence-corrected chi connectivity index (χ2v) is 27.4. The van der Waals surface area contributed by atoms with E-state index in [0.29, 0.717) is 59.4 Å². The van der Waals surface area contributed by atoms with Crippen LogP contribution in [0.5, 0.6) is 0 Å². The van der Waals surface area contributed by atoms with Crippen LogP contribution in [0, 0.1) is 47.3 Å². The molecule has 5 heteroatoms. The maximum atomic E-state index is 6.98. The van der Waals surface area contributed by atoms with Crippen LogP contribution in [-0.2, 0) is 22.3 Å². The molecule has 83 heavy (non-hydrogen) atoms. The van der Waals surface area contributed by atoms with Gasteiger partial charge in [0.15, 0.2) is 0 Å². The topological polar surface area (TPSA) is 29.9 Å². The third kappa shape index (κ3) is 7.22. The molecule has 2 fully saturated rings. The summed E-state index contributed by atoms with van der Waals surface area (Å²) >= 11 is 0. The van der Waals surface area contributed by atoms with E-state index in [1.807, 2.05) is 0 Å². The fourth-order valence-corrected chi connectivity index (χ4v) is 20.1. The van der Waals surface area contributed by atoms with Crippen molar-refractivity contribution in [1.82, 2.24) is 14.4 Å². The van der Waals surface area contributed by atoms with Gasteiger partial charge in [-0.3, -0.25) is 0 Å². The van der Waals surface area contributed by atoms with Gasteiger partial charge >= 0.3 is 0 Å². The molecule has 18 aliphatic rings. The molecular formula is C78H77N3O2. The summed E-state index contributed by atoms with van der Waals surface area (Å²) in [5, 5.41) is 0. The summed E-state index contributed by atoms with van der Waals surface area (Å²) < 4.78 is 16.7. The predicted octanol–water partition coefficient (Wildman–Crippen LogP) is 17.3. The van der Waals surface area contributed by atoms with E-state index in [1.165, 1.54) is 108 Å². The number of allylic oxidation sites excluding steroid dienone is 31. The molecule has 2 saturated heterocycles. The zero-order valence-electron chi connectivity index (χ0n) is 48.1. The zero-order valence-corrected chi connectivity index (χ0v) is 48.1. The minimum Gasteiger partial charge on any atom is -0.463 e. The fourth-order valence-electron chi connectivity index (χ4n) is 20.1. The zero-order chi connectivity index (χ0) is 54.0. The Bertz CT molecular complexity index is 3830. The molecule has 13 atom stereocenters. The molecule has 1 aromatic heterocycles. The highest BCUT2D eigenvalue weighted by atomic mass is 16.5. The van der Waals surface area contributed by atoms with Crippen molar-refractivity contribution in [2.75, 3.05) is 0 Å². The number of nitrogens with zero attached hydrogens (tertiary/aromatic N) is 3. The van der Waals surface area contributed by atoms with Crippen LogP contribution in [0.3, 0.4) is 0 Å². The molecule has 0 bridgehead atoms. The standard InChI is InChI=1S/C78H77N3O2/c1-2-17-53-51(15-1)52-16-3-4-18-54(52)64-45-50(35-38-55(53)64)79-73-43-48(46-33-39-69-65(41-46)56-19-5-9-25-67(56)80(69)71-27-13-23-62-60-21-7-11-29-75(60)82-77(62)71)31-36-58(73)59-37-32-49(44-74(59)79)47-34-40-70-66(42-47)57-20-6-10-26-68(57)81(70)72-28-14-24-63-61-22-8-12-30-76(61)83-78(63)72/h1,3-8,11,13-16,18-23,27-29,36,40-41,44-45,47-48,52,54,59-60,63,66,71,73-75,77H,2,9-10,12,17,24-26,30-35,37-39,42-43H2. The second-order valence-electron chi connectivity index (χ2n) is 27.4. The number of fused-ring (bicyclic) bond motifs is 17. The number of likely N-dealkylation sites (tertiary alicyclic amines) is 1. The predicted molar refractivity (Wildman–Crippen MR) is 333 cm³/mol. The van der Waals surface area contributed by atoms with Gasteiger partial charge in [0, 0.05) is 81.2 Å². The van der Waals surface area contributed by atoms with Crippen molar-refractivity contribution in [1.29, 1.82) is 0 Å². The van der Waals surface area contributed by atoms with Crippen molar-refractivity contribution < 1.29 is 9.47 Å². The van der Waals surface area contributed by atoms with Crippen LogP contribution < -0.4 is 0 Å². The van der Waals surface area contributed by atoms with Gasteiger partial charge in [-0.05, 0) is 179 Å². The highest BCUT2D eigenvalue weighted by Gasteiger charge is 2.52. The Morgan fingerprint density at radius 2 is 1.31 bits per heavy atom. The van der Waals surface area contributed by atoms with E-state index >= 15 is 0 Å². The van der Waals surface area contributed by atoms with Gasteiger partial charge < -0.3 is 23.8 Å². The number of hydrogen-bond acceptors (Lipinski definition) is 4. The summed E-state index contributed by atoms with van der Waals surface area (Å²) in [6.45, 7) is 0.